The Balaban J connectivity index is 2.50. The Morgan fingerprint density at radius 3 is 2.87 bits per heavy atom. The molecule has 1 heterocycles. The Bertz CT molecular complexity index is 346. The van der Waals surface area contributed by atoms with E-state index < -0.39 is 0 Å². The third kappa shape index (κ3) is 2.79. The summed E-state index contributed by atoms with van der Waals surface area (Å²) in [6.07, 6.45) is 1.80. The molecule has 5 nitrogen and oxygen atoms in total. The highest BCUT2D eigenvalue weighted by Gasteiger charge is 2.13. The van der Waals surface area contributed by atoms with Gasteiger partial charge >= 0.3 is 5.97 Å². The van der Waals surface area contributed by atoms with E-state index in [9.17, 15) is 4.79 Å². The molecule has 1 aromatic rings. The molecule has 1 unspecified atom stereocenters. The molecule has 0 aliphatic rings. The van der Waals surface area contributed by atoms with Crippen LogP contribution in [-0.2, 0) is 23.1 Å². The van der Waals surface area contributed by atoms with Crippen molar-refractivity contribution in [2.24, 2.45) is 7.05 Å². The van der Waals surface area contributed by atoms with Gasteiger partial charge in [0, 0.05) is 24.8 Å². The van der Waals surface area contributed by atoms with Crippen LogP contribution in [0, 0.1) is 6.92 Å². The Morgan fingerprint density at radius 2 is 2.40 bits per heavy atom. The Kier molecular flexibility index (Phi) is 3.85. The van der Waals surface area contributed by atoms with Crippen molar-refractivity contribution in [1.82, 2.24) is 15.1 Å². The third-order valence-electron chi connectivity index (χ3n) is 2.49. The second kappa shape index (κ2) is 4.93. The first-order valence-corrected chi connectivity index (χ1v) is 4.85. The maximum Gasteiger partial charge on any atom is 0.322 e. The lowest BCUT2D eigenvalue weighted by atomic mass is 10.2. The molecule has 0 saturated carbocycles. The monoisotopic (exact) mass is 211 g/mol. The van der Waals surface area contributed by atoms with Gasteiger partial charge in [0.25, 0.3) is 0 Å². The van der Waals surface area contributed by atoms with Gasteiger partial charge in [-0.2, -0.15) is 5.10 Å². The van der Waals surface area contributed by atoms with E-state index in [1.165, 1.54) is 7.11 Å². The van der Waals surface area contributed by atoms with Gasteiger partial charge in [0.05, 0.1) is 13.3 Å². The van der Waals surface area contributed by atoms with Gasteiger partial charge in [0.2, 0.25) is 0 Å². The number of hydrogen-bond acceptors (Lipinski definition) is 4. The highest BCUT2D eigenvalue weighted by atomic mass is 16.5. The van der Waals surface area contributed by atoms with E-state index in [0.717, 1.165) is 11.3 Å². The van der Waals surface area contributed by atoms with Crippen molar-refractivity contribution < 1.29 is 9.53 Å². The van der Waals surface area contributed by atoms with Crippen LogP contribution in [0.4, 0.5) is 0 Å². The van der Waals surface area contributed by atoms with E-state index in [2.05, 4.69) is 15.2 Å². The highest BCUT2D eigenvalue weighted by Crippen LogP contribution is 2.05. The normalized spacial score (nSPS) is 12.5. The third-order valence-corrected chi connectivity index (χ3v) is 2.49. The van der Waals surface area contributed by atoms with Crippen LogP contribution in [0.3, 0.4) is 0 Å². The molecule has 0 bridgehead atoms. The maximum absolute atomic E-state index is 11.1. The quantitative estimate of drug-likeness (QED) is 0.731. The molecule has 1 atom stereocenters. The summed E-state index contributed by atoms with van der Waals surface area (Å²) in [7, 11) is 3.28. The van der Waals surface area contributed by atoms with E-state index >= 15 is 0 Å². The van der Waals surface area contributed by atoms with Crippen molar-refractivity contribution in [3.63, 3.8) is 0 Å². The fourth-order valence-electron chi connectivity index (χ4n) is 1.24. The number of carbonyl (C=O) groups is 1. The SMILES string of the molecule is COC(=O)C(C)NCc1cnn(C)c1C. The minimum absolute atomic E-state index is 0.253. The second-order valence-corrected chi connectivity index (χ2v) is 3.50. The molecule has 0 aromatic carbocycles. The van der Waals surface area contributed by atoms with E-state index in [-0.39, 0.29) is 12.0 Å². The van der Waals surface area contributed by atoms with Crippen LogP contribution in [0.15, 0.2) is 6.20 Å². The number of nitrogens with one attached hydrogen (secondary N) is 1. The van der Waals surface area contributed by atoms with E-state index in [1.54, 1.807) is 17.8 Å². The lowest BCUT2D eigenvalue weighted by Gasteiger charge is -2.10. The summed E-state index contributed by atoms with van der Waals surface area (Å²) in [5.74, 6) is -0.253. The number of esters is 1. The van der Waals surface area contributed by atoms with Crippen LogP contribution in [0.25, 0.3) is 0 Å². The van der Waals surface area contributed by atoms with Crippen LogP contribution < -0.4 is 5.32 Å². The van der Waals surface area contributed by atoms with Gasteiger partial charge < -0.3 is 10.1 Å². The molecule has 0 radical (unpaired) electrons. The van der Waals surface area contributed by atoms with Crippen LogP contribution in [0.1, 0.15) is 18.2 Å². The van der Waals surface area contributed by atoms with Crippen LogP contribution in [0.2, 0.25) is 0 Å². The minimum Gasteiger partial charge on any atom is -0.468 e. The number of carbonyl (C=O) groups excluding carboxylic acids is 1. The van der Waals surface area contributed by atoms with Crippen molar-refractivity contribution in [2.45, 2.75) is 26.4 Å². The zero-order valence-electron chi connectivity index (χ0n) is 9.57. The van der Waals surface area contributed by atoms with Gasteiger partial charge in [-0.15, -0.1) is 0 Å². The lowest BCUT2D eigenvalue weighted by Crippen LogP contribution is -2.34. The Hall–Kier alpha value is -1.36. The van der Waals surface area contributed by atoms with Gasteiger partial charge in [-0.25, -0.2) is 0 Å². The Labute approximate surface area is 89.4 Å². The molecule has 0 fully saturated rings. The van der Waals surface area contributed by atoms with Gasteiger partial charge in [0.1, 0.15) is 6.04 Å². The molecule has 0 amide bonds. The first-order chi connectivity index (χ1) is 7.06. The van der Waals surface area contributed by atoms with Crippen LogP contribution in [-0.4, -0.2) is 28.9 Å². The molecule has 0 saturated heterocycles. The highest BCUT2D eigenvalue weighted by molar-refractivity contribution is 5.75. The first-order valence-electron chi connectivity index (χ1n) is 4.85. The summed E-state index contributed by atoms with van der Waals surface area (Å²) in [6.45, 7) is 4.39. The summed E-state index contributed by atoms with van der Waals surface area (Å²) in [4.78, 5) is 11.1. The molecular weight excluding hydrogens is 194 g/mol. The molecule has 84 valence electrons. The second-order valence-electron chi connectivity index (χ2n) is 3.50. The van der Waals surface area contributed by atoms with E-state index in [1.807, 2.05) is 14.0 Å². The van der Waals surface area contributed by atoms with Crippen molar-refractivity contribution >= 4 is 5.97 Å². The van der Waals surface area contributed by atoms with Crippen molar-refractivity contribution in [3.05, 3.63) is 17.5 Å². The maximum atomic E-state index is 11.1. The topological polar surface area (TPSA) is 56.1 Å². The molecule has 1 N–H and O–H groups in total. The molecule has 5 heteroatoms. The standard InChI is InChI=1S/C10H17N3O2/c1-7(10(14)15-4)11-5-9-6-12-13(3)8(9)2/h6-7,11H,5H2,1-4H3. The lowest BCUT2D eigenvalue weighted by molar-refractivity contribution is -0.142. The van der Waals surface area contributed by atoms with E-state index in [4.69, 9.17) is 0 Å². The van der Waals surface area contributed by atoms with Crippen molar-refractivity contribution in [3.8, 4) is 0 Å². The van der Waals surface area contributed by atoms with Gasteiger partial charge in [-0.05, 0) is 13.8 Å². The van der Waals surface area contributed by atoms with Crippen molar-refractivity contribution in [2.75, 3.05) is 7.11 Å². The summed E-state index contributed by atoms with van der Waals surface area (Å²) >= 11 is 0. The number of hydrogen-bond donors (Lipinski definition) is 1. The average Bonchev–Trinajstić information content (AvgIpc) is 2.55. The average molecular weight is 211 g/mol. The van der Waals surface area contributed by atoms with E-state index in [0.29, 0.717) is 6.54 Å². The number of ether oxygens (including phenoxy) is 1. The summed E-state index contributed by atoms with van der Waals surface area (Å²) < 4.78 is 6.42. The van der Waals surface area contributed by atoms with Crippen LogP contribution >= 0.6 is 0 Å². The number of aromatic nitrogens is 2. The van der Waals surface area contributed by atoms with Crippen LogP contribution in [0.5, 0.6) is 0 Å². The summed E-state index contributed by atoms with van der Waals surface area (Å²) in [6, 6.07) is -0.297. The number of methoxy groups -OCH3 is 1. The minimum atomic E-state index is -0.297. The molecule has 0 aliphatic heterocycles. The first kappa shape index (κ1) is 11.7. The zero-order chi connectivity index (χ0) is 11.4. The molecular formula is C10H17N3O2. The fraction of sp³-hybridized carbons (Fsp3) is 0.600. The molecule has 0 spiro atoms. The van der Waals surface area contributed by atoms with Gasteiger partial charge in [-0.3, -0.25) is 9.48 Å². The Morgan fingerprint density at radius 1 is 1.73 bits per heavy atom. The number of nitrogens with zero attached hydrogens (tertiary/aromatic N) is 2. The molecule has 0 aliphatic carbocycles. The molecule has 1 rings (SSSR count). The zero-order valence-corrected chi connectivity index (χ0v) is 9.57. The number of aryl methyl sites for hydroxylation is 1. The predicted octanol–water partition coefficient (Wildman–Crippen LogP) is 0.380. The predicted molar refractivity (Wildman–Crippen MR) is 56.3 cm³/mol. The number of rotatable bonds is 4. The summed E-state index contributed by atoms with van der Waals surface area (Å²) in [5, 5.41) is 7.20. The fourth-order valence-corrected chi connectivity index (χ4v) is 1.24. The molecule has 15 heavy (non-hydrogen) atoms. The van der Waals surface area contributed by atoms with Crippen molar-refractivity contribution in [1.29, 1.82) is 0 Å². The van der Waals surface area contributed by atoms with Gasteiger partial charge in [0.15, 0.2) is 0 Å². The smallest absolute Gasteiger partial charge is 0.322 e. The summed E-state index contributed by atoms with van der Waals surface area (Å²) in [5.41, 5.74) is 2.19. The van der Waals surface area contributed by atoms with Gasteiger partial charge in [-0.1, -0.05) is 0 Å². The largest absolute Gasteiger partial charge is 0.468 e. The molecule has 1 aromatic heterocycles.